The molecule has 0 aromatic heterocycles. The van der Waals surface area contributed by atoms with Crippen molar-refractivity contribution >= 4 is 5.91 Å². The van der Waals surface area contributed by atoms with Crippen LogP contribution in [0, 0.1) is 0 Å². The Labute approximate surface area is 93.0 Å². The van der Waals surface area contributed by atoms with Gasteiger partial charge in [-0.05, 0) is 0 Å². The summed E-state index contributed by atoms with van der Waals surface area (Å²) in [7, 11) is 0. The molecule has 0 aromatic carbocycles. The summed E-state index contributed by atoms with van der Waals surface area (Å²) in [6.07, 6.45) is -0.766. The minimum absolute atomic E-state index is 0.129. The minimum atomic E-state index is -1.42. The standard InChI is InChI=1S/C9H17NO6/c11-4-9(5-12,6-13)10-8(14)7-3-15-1-2-16-7/h7,11-13H,1-6H2,(H,10,14). The number of aliphatic hydroxyl groups is 3. The largest absolute Gasteiger partial charge is 0.394 e. The molecular formula is C9H17NO6. The van der Waals surface area contributed by atoms with E-state index in [-0.39, 0.29) is 6.61 Å². The fourth-order valence-electron chi connectivity index (χ4n) is 1.25. The zero-order valence-electron chi connectivity index (χ0n) is 8.89. The van der Waals surface area contributed by atoms with Gasteiger partial charge in [0, 0.05) is 0 Å². The van der Waals surface area contributed by atoms with Gasteiger partial charge >= 0.3 is 0 Å². The molecule has 16 heavy (non-hydrogen) atoms. The number of aliphatic hydroxyl groups excluding tert-OH is 3. The quantitative estimate of drug-likeness (QED) is 0.411. The number of carbonyl (C=O) groups is 1. The predicted octanol–water partition coefficient (Wildman–Crippen LogP) is -2.77. The maximum atomic E-state index is 11.6. The molecule has 0 radical (unpaired) electrons. The Morgan fingerprint density at radius 1 is 1.25 bits per heavy atom. The average Bonchev–Trinajstić information content (AvgIpc) is 2.37. The van der Waals surface area contributed by atoms with Crippen LogP contribution in [-0.4, -0.2) is 72.5 Å². The number of amides is 1. The normalized spacial score (nSPS) is 21.8. The molecule has 0 spiro atoms. The molecule has 1 saturated heterocycles. The molecule has 4 N–H and O–H groups in total. The van der Waals surface area contributed by atoms with Crippen LogP contribution in [0.4, 0.5) is 0 Å². The maximum Gasteiger partial charge on any atom is 0.252 e. The summed E-state index contributed by atoms with van der Waals surface area (Å²) in [6, 6.07) is 0. The summed E-state index contributed by atoms with van der Waals surface area (Å²) in [5.41, 5.74) is -1.42. The molecule has 0 aliphatic carbocycles. The number of rotatable bonds is 5. The van der Waals surface area contributed by atoms with Crippen LogP contribution in [0.2, 0.25) is 0 Å². The number of ether oxygens (including phenoxy) is 2. The highest BCUT2D eigenvalue weighted by Gasteiger charge is 2.33. The molecule has 1 aliphatic rings. The molecule has 1 heterocycles. The fraction of sp³-hybridized carbons (Fsp3) is 0.889. The van der Waals surface area contributed by atoms with Crippen LogP contribution < -0.4 is 5.32 Å². The van der Waals surface area contributed by atoms with E-state index < -0.39 is 37.4 Å². The van der Waals surface area contributed by atoms with Gasteiger partial charge < -0.3 is 30.1 Å². The maximum absolute atomic E-state index is 11.6. The van der Waals surface area contributed by atoms with E-state index in [9.17, 15) is 4.79 Å². The van der Waals surface area contributed by atoms with Gasteiger partial charge in [0.2, 0.25) is 0 Å². The van der Waals surface area contributed by atoms with E-state index in [0.29, 0.717) is 13.2 Å². The number of hydrogen-bond donors (Lipinski definition) is 4. The zero-order valence-corrected chi connectivity index (χ0v) is 8.89. The molecule has 1 fully saturated rings. The molecule has 1 rings (SSSR count). The molecule has 0 saturated carbocycles. The van der Waals surface area contributed by atoms with Crippen molar-refractivity contribution in [3.05, 3.63) is 0 Å². The monoisotopic (exact) mass is 235 g/mol. The van der Waals surface area contributed by atoms with Gasteiger partial charge in [0.15, 0.2) is 6.10 Å². The Kier molecular flexibility index (Phi) is 5.10. The summed E-state index contributed by atoms with van der Waals surface area (Å²) < 4.78 is 10.2. The summed E-state index contributed by atoms with van der Waals surface area (Å²) in [6.45, 7) is -0.778. The topological polar surface area (TPSA) is 108 Å². The summed E-state index contributed by atoms with van der Waals surface area (Å²) in [4.78, 5) is 11.6. The van der Waals surface area contributed by atoms with Crippen LogP contribution in [0.3, 0.4) is 0 Å². The van der Waals surface area contributed by atoms with E-state index in [1.165, 1.54) is 0 Å². The van der Waals surface area contributed by atoms with Crippen LogP contribution in [0.25, 0.3) is 0 Å². The second kappa shape index (κ2) is 6.12. The van der Waals surface area contributed by atoms with Crippen LogP contribution in [0.15, 0.2) is 0 Å². The highest BCUT2D eigenvalue weighted by Crippen LogP contribution is 2.06. The van der Waals surface area contributed by atoms with Crippen molar-refractivity contribution < 1.29 is 29.6 Å². The Morgan fingerprint density at radius 3 is 2.31 bits per heavy atom. The third kappa shape index (κ3) is 3.13. The Hall–Kier alpha value is -0.730. The molecular weight excluding hydrogens is 218 g/mol. The van der Waals surface area contributed by atoms with Crippen molar-refractivity contribution in [3.8, 4) is 0 Å². The van der Waals surface area contributed by atoms with Gasteiger partial charge in [-0.25, -0.2) is 0 Å². The lowest BCUT2D eigenvalue weighted by Crippen LogP contribution is -2.60. The molecule has 1 aliphatic heterocycles. The first-order valence-corrected chi connectivity index (χ1v) is 5.01. The number of nitrogens with one attached hydrogen (secondary N) is 1. The van der Waals surface area contributed by atoms with Crippen molar-refractivity contribution in [2.75, 3.05) is 39.6 Å². The molecule has 0 bridgehead atoms. The van der Waals surface area contributed by atoms with E-state index >= 15 is 0 Å². The highest BCUT2D eigenvalue weighted by atomic mass is 16.6. The van der Waals surface area contributed by atoms with E-state index in [4.69, 9.17) is 24.8 Å². The van der Waals surface area contributed by atoms with E-state index in [1.807, 2.05) is 0 Å². The lowest BCUT2D eigenvalue weighted by atomic mass is 10.0. The van der Waals surface area contributed by atoms with Gasteiger partial charge in [0.25, 0.3) is 5.91 Å². The van der Waals surface area contributed by atoms with Crippen LogP contribution in [0.5, 0.6) is 0 Å². The van der Waals surface area contributed by atoms with E-state index in [1.54, 1.807) is 0 Å². The van der Waals surface area contributed by atoms with Crippen LogP contribution >= 0.6 is 0 Å². The van der Waals surface area contributed by atoms with Gasteiger partial charge in [-0.15, -0.1) is 0 Å². The van der Waals surface area contributed by atoms with Gasteiger partial charge in [-0.3, -0.25) is 4.79 Å². The van der Waals surface area contributed by atoms with Crippen molar-refractivity contribution in [2.24, 2.45) is 0 Å². The first-order valence-electron chi connectivity index (χ1n) is 5.01. The molecule has 1 atom stereocenters. The van der Waals surface area contributed by atoms with E-state index in [0.717, 1.165) is 0 Å². The third-order valence-corrected chi connectivity index (χ3v) is 2.40. The van der Waals surface area contributed by atoms with Crippen molar-refractivity contribution in [3.63, 3.8) is 0 Å². The summed E-state index contributed by atoms with van der Waals surface area (Å²) in [5, 5.41) is 29.4. The Balaban J connectivity index is 2.53. The summed E-state index contributed by atoms with van der Waals surface area (Å²) >= 11 is 0. The SMILES string of the molecule is O=C(NC(CO)(CO)CO)C1COCCO1. The van der Waals surface area contributed by atoms with Crippen molar-refractivity contribution in [1.29, 1.82) is 0 Å². The zero-order chi connectivity index (χ0) is 12.0. The van der Waals surface area contributed by atoms with Crippen LogP contribution in [-0.2, 0) is 14.3 Å². The van der Waals surface area contributed by atoms with Gasteiger partial charge in [0.05, 0.1) is 39.6 Å². The lowest BCUT2D eigenvalue weighted by molar-refractivity contribution is -0.151. The van der Waals surface area contributed by atoms with Gasteiger partial charge in [0.1, 0.15) is 5.54 Å². The number of carbonyl (C=O) groups excluding carboxylic acids is 1. The predicted molar refractivity (Wildman–Crippen MR) is 52.7 cm³/mol. The second-order valence-electron chi connectivity index (χ2n) is 3.68. The smallest absolute Gasteiger partial charge is 0.252 e. The molecule has 94 valence electrons. The minimum Gasteiger partial charge on any atom is -0.394 e. The van der Waals surface area contributed by atoms with Gasteiger partial charge in [-0.2, -0.15) is 0 Å². The number of hydrogen-bond acceptors (Lipinski definition) is 6. The van der Waals surface area contributed by atoms with E-state index in [2.05, 4.69) is 5.32 Å². The summed E-state index contributed by atoms with van der Waals surface area (Å²) in [5.74, 6) is -0.517. The third-order valence-electron chi connectivity index (χ3n) is 2.40. The van der Waals surface area contributed by atoms with Crippen molar-refractivity contribution in [2.45, 2.75) is 11.6 Å². The Morgan fingerprint density at radius 2 is 1.88 bits per heavy atom. The Bertz CT molecular complexity index is 216. The molecule has 7 heteroatoms. The van der Waals surface area contributed by atoms with Crippen LogP contribution in [0.1, 0.15) is 0 Å². The van der Waals surface area contributed by atoms with Gasteiger partial charge in [-0.1, -0.05) is 0 Å². The first kappa shape index (κ1) is 13.3. The lowest BCUT2D eigenvalue weighted by Gasteiger charge is -2.31. The first-order chi connectivity index (χ1) is 7.67. The second-order valence-corrected chi connectivity index (χ2v) is 3.68. The molecule has 7 nitrogen and oxygen atoms in total. The fourth-order valence-corrected chi connectivity index (χ4v) is 1.25. The average molecular weight is 235 g/mol. The molecule has 1 amide bonds. The molecule has 1 unspecified atom stereocenters. The highest BCUT2D eigenvalue weighted by molar-refractivity contribution is 5.81. The van der Waals surface area contributed by atoms with Crippen molar-refractivity contribution in [1.82, 2.24) is 5.32 Å². The molecule has 0 aromatic rings.